The molecular weight excluding hydrogens is 720 g/mol. The SMILES string of the molecule is CCc1cnn([C@H]2C[C@@H](n3cnc4c(NCC(c5ccccc5)c5ccccc5)nc(N5CC[C@@H](NC(=O)NCc6ccncc6)C5)nc43)[C@H](O)[C@@H]2O)n1.Cl. The predicted octanol–water partition coefficient (Wildman–Crippen LogP) is 4.03. The van der Waals surface area contributed by atoms with E-state index in [2.05, 4.69) is 60.3 Å². The van der Waals surface area contributed by atoms with E-state index < -0.39 is 24.3 Å². The van der Waals surface area contributed by atoms with Crippen LogP contribution in [-0.2, 0) is 13.0 Å². The van der Waals surface area contributed by atoms with E-state index in [0.717, 1.165) is 28.8 Å². The Morgan fingerprint density at radius 2 is 1.65 bits per heavy atom. The number of aliphatic hydroxyl groups is 2. The first kappa shape index (κ1) is 37.7. The molecule has 0 radical (unpaired) electrons. The van der Waals surface area contributed by atoms with Gasteiger partial charge >= 0.3 is 6.03 Å². The van der Waals surface area contributed by atoms with Gasteiger partial charge in [0.05, 0.1) is 24.3 Å². The van der Waals surface area contributed by atoms with E-state index in [-0.39, 0.29) is 30.4 Å². The van der Waals surface area contributed by atoms with Crippen molar-refractivity contribution in [2.75, 3.05) is 29.9 Å². The van der Waals surface area contributed by atoms with E-state index in [9.17, 15) is 15.0 Å². The Hall–Kier alpha value is -5.64. The van der Waals surface area contributed by atoms with Gasteiger partial charge < -0.3 is 35.6 Å². The third-order valence-corrected chi connectivity index (χ3v) is 10.5. The van der Waals surface area contributed by atoms with Crippen LogP contribution in [0.5, 0.6) is 0 Å². The molecule has 55 heavy (non-hydrogen) atoms. The van der Waals surface area contributed by atoms with Crippen LogP contribution >= 0.6 is 12.4 Å². The molecule has 8 rings (SSSR count). The van der Waals surface area contributed by atoms with Crippen LogP contribution in [0.3, 0.4) is 0 Å². The fourth-order valence-corrected chi connectivity index (χ4v) is 7.51. The number of hydrogen-bond donors (Lipinski definition) is 5. The summed E-state index contributed by atoms with van der Waals surface area (Å²) in [7, 11) is 0. The smallest absolute Gasteiger partial charge is 0.315 e. The Bertz CT molecular complexity index is 2130. The maximum Gasteiger partial charge on any atom is 0.315 e. The fourth-order valence-electron chi connectivity index (χ4n) is 7.51. The summed E-state index contributed by atoms with van der Waals surface area (Å²) in [5, 5.41) is 41.2. The zero-order chi connectivity index (χ0) is 37.0. The number of imidazole rings is 1. The van der Waals surface area contributed by atoms with E-state index in [1.165, 1.54) is 4.80 Å². The van der Waals surface area contributed by atoms with Crippen molar-refractivity contribution in [3.63, 3.8) is 0 Å². The quantitative estimate of drug-likeness (QED) is 0.121. The van der Waals surface area contributed by atoms with Gasteiger partial charge in [-0.1, -0.05) is 67.6 Å². The number of aryl methyl sites for hydroxylation is 1. The third kappa shape index (κ3) is 8.09. The van der Waals surface area contributed by atoms with Crippen LogP contribution in [0, 0.1) is 0 Å². The van der Waals surface area contributed by atoms with Gasteiger partial charge in [-0.3, -0.25) is 4.98 Å². The van der Waals surface area contributed by atoms with Crippen molar-refractivity contribution in [3.8, 4) is 0 Å². The highest BCUT2D eigenvalue weighted by atomic mass is 35.5. The van der Waals surface area contributed by atoms with Crippen molar-refractivity contribution in [1.82, 2.24) is 50.1 Å². The maximum atomic E-state index is 12.8. The molecule has 15 nitrogen and oxygen atoms in total. The summed E-state index contributed by atoms with van der Waals surface area (Å²) in [6.45, 7) is 4.07. The minimum atomic E-state index is -1.11. The number of amides is 2. The van der Waals surface area contributed by atoms with E-state index in [4.69, 9.17) is 15.0 Å². The molecule has 2 amide bonds. The Labute approximate surface area is 324 Å². The molecule has 0 unspecified atom stereocenters. The molecular formula is C39H45ClN12O3. The average Bonchev–Trinajstić information content (AvgIpc) is 4.03. The fraction of sp³-hybridized carbons (Fsp3) is 0.359. The molecule has 2 fully saturated rings. The molecule has 1 saturated heterocycles. The number of carbonyl (C=O) groups is 1. The van der Waals surface area contributed by atoms with Gasteiger partial charge in [0.15, 0.2) is 17.0 Å². The van der Waals surface area contributed by atoms with Crippen LogP contribution in [-0.4, -0.2) is 93.6 Å². The summed E-state index contributed by atoms with van der Waals surface area (Å²) in [6.07, 6.45) is 6.37. The normalized spacial score (nSPS) is 20.8. The average molecular weight is 765 g/mol. The molecule has 1 aliphatic heterocycles. The van der Waals surface area contributed by atoms with Gasteiger partial charge in [-0.25, -0.2) is 9.78 Å². The summed E-state index contributed by atoms with van der Waals surface area (Å²) in [5.41, 5.74) is 5.19. The molecule has 5 N–H and O–H groups in total. The van der Waals surface area contributed by atoms with E-state index in [0.29, 0.717) is 62.0 Å². The van der Waals surface area contributed by atoms with Crippen LogP contribution in [0.15, 0.2) is 97.7 Å². The minimum Gasteiger partial charge on any atom is -0.388 e. The van der Waals surface area contributed by atoms with E-state index in [1.54, 1.807) is 24.9 Å². The van der Waals surface area contributed by atoms with Crippen LogP contribution in [0.4, 0.5) is 16.6 Å². The Morgan fingerprint density at radius 3 is 2.35 bits per heavy atom. The van der Waals surface area contributed by atoms with E-state index >= 15 is 0 Å². The largest absolute Gasteiger partial charge is 0.388 e. The molecule has 5 heterocycles. The first-order valence-electron chi connectivity index (χ1n) is 18.5. The Morgan fingerprint density at radius 1 is 0.945 bits per heavy atom. The highest BCUT2D eigenvalue weighted by molar-refractivity contribution is 5.85. The number of nitrogens with one attached hydrogen (secondary N) is 3. The summed E-state index contributed by atoms with van der Waals surface area (Å²) >= 11 is 0. The number of rotatable bonds is 12. The van der Waals surface area contributed by atoms with Crippen molar-refractivity contribution >= 4 is 41.4 Å². The lowest BCUT2D eigenvalue weighted by Gasteiger charge is -2.22. The summed E-state index contributed by atoms with van der Waals surface area (Å²) in [4.78, 5) is 35.3. The number of anilines is 2. The molecule has 6 aromatic rings. The molecule has 16 heteroatoms. The van der Waals surface area contributed by atoms with Gasteiger partial charge in [-0.05, 0) is 48.1 Å². The molecule has 2 aromatic carbocycles. The lowest BCUT2D eigenvalue weighted by molar-refractivity contribution is 0.00497. The second kappa shape index (κ2) is 16.8. The lowest BCUT2D eigenvalue weighted by Crippen LogP contribution is -2.43. The van der Waals surface area contributed by atoms with Crippen molar-refractivity contribution in [2.24, 2.45) is 0 Å². The molecule has 1 saturated carbocycles. The number of pyridine rings is 1. The highest BCUT2D eigenvalue weighted by Gasteiger charge is 2.45. The van der Waals surface area contributed by atoms with E-state index in [1.807, 2.05) is 60.0 Å². The number of nitrogens with zero attached hydrogens (tertiary/aromatic N) is 9. The summed E-state index contributed by atoms with van der Waals surface area (Å²) in [6, 6.07) is 23.0. The molecule has 5 atom stereocenters. The van der Waals surface area contributed by atoms with Gasteiger partial charge in [0.25, 0.3) is 0 Å². The van der Waals surface area contributed by atoms with Crippen molar-refractivity contribution in [1.29, 1.82) is 0 Å². The topological polar surface area (TPSA) is 184 Å². The van der Waals surface area contributed by atoms with Crippen molar-refractivity contribution in [2.45, 2.75) is 69.0 Å². The molecule has 1 aliphatic carbocycles. The van der Waals surface area contributed by atoms with Gasteiger partial charge in [0.2, 0.25) is 5.95 Å². The number of halogens is 1. The van der Waals surface area contributed by atoms with Crippen LogP contribution in [0.2, 0.25) is 0 Å². The monoisotopic (exact) mass is 764 g/mol. The number of carbonyl (C=O) groups excluding carboxylic acids is 1. The predicted molar refractivity (Wildman–Crippen MR) is 210 cm³/mol. The van der Waals surface area contributed by atoms with Gasteiger partial charge in [0, 0.05) is 50.5 Å². The van der Waals surface area contributed by atoms with Gasteiger partial charge in [-0.15, -0.1) is 12.4 Å². The van der Waals surface area contributed by atoms with Gasteiger partial charge in [-0.2, -0.15) is 25.0 Å². The number of hydrogen-bond acceptors (Lipinski definition) is 11. The summed E-state index contributed by atoms with van der Waals surface area (Å²) < 4.78 is 1.84. The first-order chi connectivity index (χ1) is 26.4. The lowest BCUT2D eigenvalue weighted by atomic mass is 9.91. The minimum absolute atomic E-state index is 0. The first-order valence-corrected chi connectivity index (χ1v) is 18.5. The maximum absolute atomic E-state index is 12.8. The summed E-state index contributed by atoms with van der Waals surface area (Å²) in [5.74, 6) is 1.06. The molecule has 2 aliphatic rings. The van der Waals surface area contributed by atoms with Crippen LogP contribution < -0.4 is 20.9 Å². The Kier molecular flexibility index (Phi) is 11.5. The van der Waals surface area contributed by atoms with Crippen LogP contribution in [0.1, 0.15) is 60.2 Å². The standard InChI is InChI=1S/C39H44N12O3.ClH/c1-2-28-21-44-51(48-28)32-19-31(34(52)35(32)53)50-24-43-33-36(41-22-30(26-9-5-3-6-10-26)27-11-7-4-8-12-27)46-38(47-37(33)50)49-18-15-29(23-49)45-39(54)42-20-25-13-16-40-17-14-25;/h3-14,16-17,21,24,29-32,34-35,52-53H,2,15,18-20,22-23H2,1H3,(H,41,46,47)(H2,42,45,54);1H/t29-,31-,32+,34+,35-;/m1./s1. The van der Waals surface area contributed by atoms with Crippen molar-refractivity contribution in [3.05, 3.63) is 120 Å². The second-order valence-electron chi connectivity index (χ2n) is 13.9. The Balaban J connectivity index is 0.00000465. The molecule has 286 valence electrons. The zero-order valence-electron chi connectivity index (χ0n) is 30.4. The van der Waals surface area contributed by atoms with Crippen LogP contribution in [0.25, 0.3) is 11.2 Å². The highest BCUT2D eigenvalue weighted by Crippen LogP contribution is 2.40. The number of fused-ring (bicyclic) bond motifs is 1. The second-order valence-corrected chi connectivity index (χ2v) is 13.9. The molecule has 0 spiro atoms. The third-order valence-electron chi connectivity index (χ3n) is 10.5. The number of urea groups is 1. The number of benzene rings is 2. The van der Waals surface area contributed by atoms with Crippen molar-refractivity contribution < 1.29 is 15.0 Å². The molecule has 0 bridgehead atoms. The number of aliphatic hydroxyl groups excluding tert-OH is 2. The zero-order valence-corrected chi connectivity index (χ0v) is 31.2. The van der Waals surface area contributed by atoms with Gasteiger partial charge in [0.1, 0.15) is 18.2 Å². The molecule has 4 aromatic heterocycles. The number of aromatic nitrogens is 8.